The molecular formula is C17H26N4. The molecule has 114 valence electrons. The highest BCUT2D eigenvalue weighted by molar-refractivity contribution is 5.42. The van der Waals surface area contributed by atoms with Crippen molar-refractivity contribution in [3.05, 3.63) is 29.2 Å². The molecule has 2 heterocycles. The second-order valence-electron chi connectivity index (χ2n) is 6.47. The summed E-state index contributed by atoms with van der Waals surface area (Å²) in [6, 6.07) is 2.35. The molecule has 4 heteroatoms. The standard InChI is InChI=1S/C17H26N4/c1-12-10-17-19-11-16(14(3)21(17)20-12)13(2)18-9-8-15-6-4-5-7-15/h10-11,13,15,18H,4-9H2,1-3H3. The van der Waals surface area contributed by atoms with Gasteiger partial charge in [-0.15, -0.1) is 0 Å². The summed E-state index contributed by atoms with van der Waals surface area (Å²) < 4.78 is 1.96. The van der Waals surface area contributed by atoms with Crippen LogP contribution >= 0.6 is 0 Å². The average Bonchev–Trinajstić information content (AvgIpc) is 3.08. The number of nitrogens with one attached hydrogen (secondary N) is 1. The largest absolute Gasteiger partial charge is 0.310 e. The van der Waals surface area contributed by atoms with Crippen LogP contribution in [0, 0.1) is 19.8 Å². The van der Waals surface area contributed by atoms with Gasteiger partial charge in [-0.1, -0.05) is 25.7 Å². The number of rotatable bonds is 5. The number of aromatic nitrogens is 3. The van der Waals surface area contributed by atoms with Crippen LogP contribution in [0.25, 0.3) is 5.65 Å². The molecule has 0 aliphatic heterocycles. The molecule has 4 nitrogen and oxygen atoms in total. The molecule has 1 unspecified atom stereocenters. The molecule has 0 amide bonds. The van der Waals surface area contributed by atoms with Gasteiger partial charge in [-0.2, -0.15) is 5.10 Å². The molecule has 1 N–H and O–H groups in total. The molecule has 0 saturated heterocycles. The SMILES string of the molecule is Cc1cc2ncc(C(C)NCCC3CCCC3)c(C)n2n1. The van der Waals surface area contributed by atoms with Crippen LogP contribution in [0.15, 0.2) is 12.3 Å². The Morgan fingerprint density at radius 1 is 1.33 bits per heavy atom. The van der Waals surface area contributed by atoms with Crippen molar-refractivity contribution >= 4 is 5.65 Å². The topological polar surface area (TPSA) is 42.2 Å². The molecule has 2 aromatic heterocycles. The third-order valence-electron chi connectivity index (χ3n) is 4.83. The van der Waals surface area contributed by atoms with Crippen LogP contribution in [0.4, 0.5) is 0 Å². The van der Waals surface area contributed by atoms with E-state index in [-0.39, 0.29) is 0 Å². The third kappa shape index (κ3) is 3.10. The van der Waals surface area contributed by atoms with Crippen LogP contribution in [-0.4, -0.2) is 21.1 Å². The van der Waals surface area contributed by atoms with E-state index in [1.165, 1.54) is 43.4 Å². The second-order valence-corrected chi connectivity index (χ2v) is 6.47. The predicted molar refractivity (Wildman–Crippen MR) is 85.5 cm³/mol. The lowest BCUT2D eigenvalue weighted by Crippen LogP contribution is -2.23. The number of hydrogen-bond donors (Lipinski definition) is 1. The lowest BCUT2D eigenvalue weighted by Gasteiger charge is -2.18. The van der Waals surface area contributed by atoms with Crippen LogP contribution in [0.2, 0.25) is 0 Å². The molecule has 0 spiro atoms. The Balaban J connectivity index is 1.66. The Bertz CT molecular complexity index is 611. The summed E-state index contributed by atoms with van der Waals surface area (Å²) in [5, 5.41) is 8.18. The molecule has 1 fully saturated rings. The van der Waals surface area contributed by atoms with E-state index in [0.717, 1.165) is 23.8 Å². The first-order valence-electron chi connectivity index (χ1n) is 8.20. The monoisotopic (exact) mass is 286 g/mol. The normalized spacial score (nSPS) is 17.7. The highest BCUT2D eigenvalue weighted by Crippen LogP contribution is 2.27. The number of nitrogens with zero attached hydrogens (tertiary/aromatic N) is 3. The maximum atomic E-state index is 4.53. The van der Waals surface area contributed by atoms with Gasteiger partial charge in [-0.3, -0.25) is 0 Å². The Labute approximate surface area is 127 Å². The lowest BCUT2D eigenvalue weighted by molar-refractivity contribution is 0.453. The molecule has 21 heavy (non-hydrogen) atoms. The first kappa shape index (κ1) is 14.5. The molecule has 0 aromatic carbocycles. The van der Waals surface area contributed by atoms with Crippen molar-refractivity contribution < 1.29 is 0 Å². The number of fused-ring (bicyclic) bond motifs is 1. The Kier molecular flexibility index (Phi) is 4.24. The summed E-state index contributed by atoms with van der Waals surface area (Å²) in [4.78, 5) is 4.53. The summed E-state index contributed by atoms with van der Waals surface area (Å²) in [5.74, 6) is 0.945. The predicted octanol–water partition coefficient (Wildman–Crippen LogP) is 3.58. The molecule has 0 radical (unpaired) electrons. The summed E-state index contributed by atoms with van der Waals surface area (Å²) in [7, 11) is 0. The molecule has 1 atom stereocenters. The zero-order chi connectivity index (χ0) is 14.8. The van der Waals surface area contributed by atoms with Gasteiger partial charge in [0.25, 0.3) is 0 Å². The first-order valence-corrected chi connectivity index (χ1v) is 8.20. The highest BCUT2D eigenvalue weighted by atomic mass is 15.3. The third-order valence-corrected chi connectivity index (χ3v) is 4.83. The minimum absolute atomic E-state index is 0.327. The van der Waals surface area contributed by atoms with Gasteiger partial charge in [0.2, 0.25) is 0 Å². The van der Waals surface area contributed by atoms with Crippen LogP contribution < -0.4 is 5.32 Å². The van der Waals surface area contributed by atoms with Crippen molar-refractivity contribution in [1.29, 1.82) is 0 Å². The van der Waals surface area contributed by atoms with E-state index in [4.69, 9.17) is 0 Å². The zero-order valence-electron chi connectivity index (χ0n) is 13.4. The summed E-state index contributed by atoms with van der Waals surface area (Å²) in [6.45, 7) is 7.46. The lowest BCUT2D eigenvalue weighted by atomic mass is 10.0. The van der Waals surface area contributed by atoms with Gasteiger partial charge < -0.3 is 5.32 Å². The molecule has 1 aliphatic carbocycles. The molecular weight excluding hydrogens is 260 g/mol. The Morgan fingerprint density at radius 2 is 2.10 bits per heavy atom. The summed E-state index contributed by atoms with van der Waals surface area (Å²) >= 11 is 0. The van der Waals surface area contributed by atoms with Gasteiger partial charge in [-0.05, 0) is 39.7 Å². The van der Waals surface area contributed by atoms with Gasteiger partial charge in [0.05, 0.1) is 5.69 Å². The fourth-order valence-corrected chi connectivity index (χ4v) is 3.51. The number of hydrogen-bond acceptors (Lipinski definition) is 3. The number of aryl methyl sites for hydroxylation is 2. The van der Waals surface area contributed by atoms with Crippen LogP contribution in [0.1, 0.15) is 62.0 Å². The maximum Gasteiger partial charge on any atom is 0.155 e. The van der Waals surface area contributed by atoms with E-state index in [0.29, 0.717) is 6.04 Å². The van der Waals surface area contributed by atoms with Crippen molar-refractivity contribution in [2.45, 2.75) is 58.9 Å². The minimum atomic E-state index is 0.327. The van der Waals surface area contributed by atoms with Gasteiger partial charge >= 0.3 is 0 Å². The Hall–Kier alpha value is -1.42. The van der Waals surface area contributed by atoms with Crippen molar-refractivity contribution in [2.75, 3.05) is 6.54 Å². The molecule has 0 bridgehead atoms. The van der Waals surface area contributed by atoms with Gasteiger partial charge in [0, 0.05) is 29.6 Å². The smallest absolute Gasteiger partial charge is 0.155 e. The van der Waals surface area contributed by atoms with Crippen LogP contribution in [-0.2, 0) is 0 Å². The van der Waals surface area contributed by atoms with E-state index >= 15 is 0 Å². The maximum absolute atomic E-state index is 4.53. The van der Waals surface area contributed by atoms with E-state index in [9.17, 15) is 0 Å². The fourth-order valence-electron chi connectivity index (χ4n) is 3.51. The first-order chi connectivity index (χ1) is 10.1. The average molecular weight is 286 g/mol. The van der Waals surface area contributed by atoms with Gasteiger partial charge in [-0.25, -0.2) is 9.50 Å². The van der Waals surface area contributed by atoms with Gasteiger partial charge in [0.1, 0.15) is 0 Å². The zero-order valence-corrected chi connectivity index (χ0v) is 13.4. The van der Waals surface area contributed by atoms with Gasteiger partial charge in [0.15, 0.2) is 5.65 Å². The van der Waals surface area contributed by atoms with E-state index in [1.54, 1.807) is 0 Å². The summed E-state index contributed by atoms with van der Waals surface area (Å²) in [5.41, 5.74) is 4.39. The van der Waals surface area contributed by atoms with Crippen LogP contribution in [0.3, 0.4) is 0 Å². The van der Waals surface area contributed by atoms with Crippen LogP contribution in [0.5, 0.6) is 0 Å². The molecule has 3 rings (SSSR count). The van der Waals surface area contributed by atoms with Crippen molar-refractivity contribution in [2.24, 2.45) is 5.92 Å². The van der Waals surface area contributed by atoms with E-state index in [1.807, 2.05) is 23.7 Å². The molecule has 1 aliphatic rings. The van der Waals surface area contributed by atoms with Crippen molar-refractivity contribution in [3.63, 3.8) is 0 Å². The highest BCUT2D eigenvalue weighted by Gasteiger charge is 2.16. The second kappa shape index (κ2) is 6.14. The fraction of sp³-hybridized carbons (Fsp3) is 0.647. The Morgan fingerprint density at radius 3 is 2.86 bits per heavy atom. The van der Waals surface area contributed by atoms with Crippen molar-refractivity contribution in [1.82, 2.24) is 19.9 Å². The summed E-state index contributed by atoms with van der Waals surface area (Å²) in [6.07, 6.45) is 9.01. The van der Waals surface area contributed by atoms with E-state index < -0.39 is 0 Å². The quantitative estimate of drug-likeness (QED) is 0.913. The molecule has 1 saturated carbocycles. The molecule has 2 aromatic rings. The van der Waals surface area contributed by atoms with Crippen molar-refractivity contribution in [3.8, 4) is 0 Å². The van der Waals surface area contributed by atoms with E-state index in [2.05, 4.69) is 29.2 Å². The minimum Gasteiger partial charge on any atom is -0.310 e.